The van der Waals surface area contributed by atoms with Gasteiger partial charge < -0.3 is 14.2 Å². The van der Waals surface area contributed by atoms with E-state index in [0.717, 1.165) is 0 Å². The van der Waals surface area contributed by atoms with Crippen molar-refractivity contribution in [3.63, 3.8) is 0 Å². The van der Waals surface area contributed by atoms with Crippen LogP contribution in [0.3, 0.4) is 0 Å². The average Bonchev–Trinajstić information content (AvgIpc) is 2.20. The van der Waals surface area contributed by atoms with Crippen LogP contribution in [0.5, 0.6) is 0 Å². The molecular formula is C11H19O5. The molecular weight excluding hydrogens is 212 g/mol. The standard InChI is InChI=1S/C11H19O5/c1-8(14-4)11(16-10(3)13)6-5-7-15-9(2)12/h8H,5-7H2,1-4H3. The molecule has 0 aliphatic carbocycles. The maximum Gasteiger partial charge on any atom is 0.303 e. The summed E-state index contributed by atoms with van der Waals surface area (Å²) in [6, 6.07) is 0. The van der Waals surface area contributed by atoms with Gasteiger partial charge in [-0.2, -0.15) is 0 Å². The van der Waals surface area contributed by atoms with Crippen molar-refractivity contribution in [1.82, 2.24) is 0 Å². The molecule has 0 aliphatic heterocycles. The Kier molecular flexibility index (Phi) is 7.54. The molecule has 0 saturated carbocycles. The van der Waals surface area contributed by atoms with Crippen molar-refractivity contribution in [2.75, 3.05) is 13.7 Å². The summed E-state index contributed by atoms with van der Waals surface area (Å²) in [5.41, 5.74) is 0. The van der Waals surface area contributed by atoms with Crippen LogP contribution in [0.15, 0.2) is 0 Å². The van der Waals surface area contributed by atoms with Crippen LogP contribution < -0.4 is 0 Å². The van der Waals surface area contributed by atoms with Gasteiger partial charge in [0.2, 0.25) is 0 Å². The molecule has 0 aromatic rings. The van der Waals surface area contributed by atoms with Crippen LogP contribution in [0.25, 0.3) is 0 Å². The van der Waals surface area contributed by atoms with Gasteiger partial charge in [0, 0.05) is 21.0 Å². The Balaban J connectivity index is 3.91. The second-order valence-corrected chi connectivity index (χ2v) is 3.38. The molecule has 1 radical (unpaired) electrons. The zero-order valence-corrected chi connectivity index (χ0v) is 10.2. The predicted octanol–water partition coefficient (Wildman–Crippen LogP) is 1.46. The Labute approximate surface area is 96.1 Å². The fraction of sp³-hybridized carbons (Fsp3) is 0.727. The molecule has 0 bridgehead atoms. The number of hydrogen-bond acceptors (Lipinski definition) is 5. The van der Waals surface area contributed by atoms with Crippen LogP contribution in [-0.2, 0) is 23.8 Å². The van der Waals surface area contributed by atoms with E-state index in [1.54, 1.807) is 14.0 Å². The third-order valence-electron chi connectivity index (χ3n) is 1.95. The summed E-state index contributed by atoms with van der Waals surface area (Å²) >= 11 is 0. The minimum atomic E-state index is -0.369. The lowest BCUT2D eigenvalue weighted by molar-refractivity contribution is -0.145. The summed E-state index contributed by atoms with van der Waals surface area (Å²) in [6.07, 6.45) is 1.45. The maximum absolute atomic E-state index is 10.8. The Morgan fingerprint density at radius 2 is 1.81 bits per heavy atom. The highest BCUT2D eigenvalue weighted by atomic mass is 16.6. The number of carbonyl (C=O) groups is 2. The smallest absolute Gasteiger partial charge is 0.303 e. The molecule has 93 valence electrons. The number of ether oxygens (including phenoxy) is 3. The largest absolute Gasteiger partial charge is 0.466 e. The van der Waals surface area contributed by atoms with Gasteiger partial charge in [0.1, 0.15) is 0 Å². The van der Waals surface area contributed by atoms with Crippen LogP contribution in [0.1, 0.15) is 33.6 Å². The van der Waals surface area contributed by atoms with Gasteiger partial charge in [-0.3, -0.25) is 9.59 Å². The van der Waals surface area contributed by atoms with Crippen molar-refractivity contribution in [3.8, 4) is 0 Å². The van der Waals surface area contributed by atoms with Crippen LogP contribution in [-0.4, -0.2) is 31.8 Å². The molecule has 1 atom stereocenters. The second-order valence-electron chi connectivity index (χ2n) is 3.38. The second kappa shape index (κ2) is 8.10. The molecule has 0 amide bonds. The summed E-state index contributed by atoms with van der Waals surface area (Å²) in [7, 11) is 1.54. The summed E-state index contributed by atoms with van der Waals surface area (Å²) in [5, 5.41) is 0. The van der Waals surface area contributed by atoms with E-state index in [-0.39, 0.29) is 18.0 Å². The summed E-state index contributed by atoms with van der Waals surface area (Å²) < 4.78 is 14.9. The molecule has 5 nitrogen and oxygen atoms in total. The van der Waals surface area contributed by atoms with Gasteiger partial charge in [0.05, 0.1) is 12.7 Å². The molecule has 0 fully saturated rings. The van der Waals surface area contributed by atoms with Crippen molar-refractivity contribution in [2.45, 2.75) is 39.7 Å². The van der Waals surface area contributed by atoms with Gasteiger partial charge in [-0.05, 0) is 19.8 Å². The molecule has 1 unspecified atom stereocenters. The van der Waals surface area contributed by atoms with Crippen LogP contribution in [0.2, 0.25) is 0 Å². The van der Waals surface area contributed by atoms with Crippen molar-refractivity contribution in [2.24, 2.45) is 0 Å². The average molecular weight is 231 g/mol. The molecule has 16 heavy (non-hydrogen) atoms. The first kappa shape index (κ1) is 14.9. The number of methoxy groups -OCH3 is 1. The van der Waals surface area contributed by atoms with E-state index < -0.39 is 0 Å². The fourth-order valence-electron chi connectivity index (χ4n) is 1.12. The van der Waals surface area contributed by atoms with Gasteiger partial charge in [-0.1, -0.05) is 0 Å². The van der Waals surface area contributed by atoms with Gasteiger partial charge in [0.15, 0.2) is 6.10 Å². The van der Waals surface area contributed by atoms with E-state index >= 15 is 0 Å². The van der Waals surface area contributed by atoms with Crippen LogP contribution in [0.4, 0.5) is 0 Å². The molecule has 0 saturated heterocycles. The lowest BCUT2D eigenvalue weighted by Crippen LogP contribution is -2.22. The van der Waals surface area contributed by atoms with E-state index in [2.05, 4.69) is 0 Å². The van der Waals surface area contributed by atoms with Crippen LogP contribution in [0, 0.1) is 6.10 Å². The van der Waals surface area contributed by atoms with Gasteiger partial charge >= 0.3 is 11.9 Å². The Bertz CT molecular complexity index is 226. The molecule has 0 heterocycles. The molecule has 0 aliphatic rings. The summed E-state index contributed by atoms with van der Waals surface area (Å²) in [5.74, 6) is -0.680. The number of hydrogen-bond donors (Lipinski definition) is 0. The fourth-order valence-corrected chi connectivity index (χ4v) is 1.12. The van der Waals surface area contributed by atoms with Gasteiger partial charge in [-0.15, -0.1) is 0 Å². The highest BCUT2D eigenvalue weighted by Gasteiger charge is 2.21. The van der Waals surface area contributed by atoms with Gasteiger partial charge in [-0.25, -0.2) is 0 Å². The molecule has 0 rings (SSSR count). The monoisotopic (exact) mass is 231 g/mol. The molecule has 0 aromatic heterocycles. The highest BCUT2D eigenvalue weighted by Crippen LogP contribution is 2.18. The van der Waals surface area contributed by atoms with Crippen molar-refractivity contribution < 1.29 is 23.8 Å². The third-order valence-corrected chi connectivity index (χ3v) is 1.95. The first-order chi connectivity index (χ1) is 7.47. The minimum absolute atomic E-state index is 0.249. The highest BCUT2D eigenvalue weighted by molar-refractivity contribution is 5.67. The first-order valence-corrected chi connectivity index (χ1v) is 5.17. The Morgan fingerprint density at radius 1 is 1.19 bits per heavy atom. The van der Waals surface area contributed by atoms with E-state index in [1.807, 2.05) is 0 Å². The lowest BCUT2D eigenvalue weighted by Gasteiger charge is -2.20. The van der Waals surface area contributed by atoms with E-state index in [4.69, 9.17) is 14.2 Å². The number of carbonyl (C=O) groups excluding carboxylic acids is 2. The van der Waals surface area contributed by atoms with Crippen LogP contribution >= 0.6 is 0 Å². The van der Waals surface area contributed by atoms with Crippen molar-refractivity contribution >= 4 is 11.9 Å². The molecule has 0 spiro atoms. The first-order valence-electron chi connectivity index (χ1n) is 5.17. The minimum Gasteiger partial charge on any atom is -0.466 e. The zero-order chi connectivity index (χ0) is 12.6. The SMILES string of the molecule is COC(C)[C](CCCOC(C)=O)OC(C)=O. The van der Waals surface area contributed by atoms with E-state index in [9.17, 15) is 9.59 Å². The Morgan fingerprint density at radius 3 is 2.25 bits per heavy atom. The quantitative estimate of drug-likeness (QED) is 0.490. The van der Waals surface area contributed by atoms with E-state index in [1.165, 1.54) is 13.8 Å². The molecule has 5 heteroatoms. The predicted molar refractivity (Wildman–Crippen MR) is 57.3 cm³/mol. The summed E-state index contributed by atoms with van der Waals surface area (Å²) in [4.78, 5) is 21.3. The van der Waals surface area contributed by atoms with E-state index in [0.29, 0.717) is 25.6 Å². The zero-order valence-electron chi connectivity index (χ0n) is 10.2. The maximum atomic E-state index is 10.8. The molecule has 0 N–H and O–H groups in total. The summed E-state index contributed by atoms with van der Waals surface area (Å²) in [6.45, 7) is 4.81. The molecule has 0 aromatic carbocycles. The third kappa shape index (κ3) is 7.23. The lowest BCUT2D eigenvalue weighted by atomic mass is 10.1. The van der Waals surface area contributed by atoms with Crippen molar-refractivity contribution in [3.05, 3.63) is 6.10 Å². The topological polar surface area (TPSA) is 61.8 Å². The number of esters is 2. The van der Waals surface area contributed by atoms with Crippen molar-refractivity contribution in [1.29, 1.82) is 0 Å². The normalized spacial score (nSPS) is 12.3. The number of rotatable bonds is 7. The Hall–Kier alpha value is -1.10. The van der Waals surface area contributed by atoms with Gasteiger partial charge in [0.25, 0.3) is 0 Å².